The first kappa shape index (κ1) is 20.0. The second kappa shape index (κ2) is 11.1. The van der Waals surface area contributed by atoms with Crippen LogP contribution >= 0.6 is 0 Å². The summed E-state index contributed by atoms with van der Waals surface area (Å²) in [5.41, 5.74) is 3.97. The summed E-state index contributed by atoms with van der Waals surface area (Å²) in [6.45, 7) is 0.966. The van der Waals surface area contributed by atoms with Gasteiger partial charge in [0.2, 0.25) is 7.28 Å². The molecule has 0 aliphatic rings. The molecule has 0 radical (unpaired) electrons. The lowest BCUT2D eigenvalue weighted by Crippen LogP contribution is -2.26. The van der Waals surface area contributed by atoms with Crippen LogP contribution in [0.3, 0.4) is 0 Å². The third kappa shape index (κ3) is 5.86. The molecule has 0 fully saturated rings. The number of benzene rings is 2. The van der Waals surface area contributed by atoms with Gasteiger partial charge in [0.05, 0.1) is 11.8 Å². The molecule has 0 saturated carbocycles. The maximum Gasteiger partial charge on any atom is 0.204 e. The van der Waals surface area contributed by atoms with Gasteiger partial charge in [0, 0.05) is 31.3 Å². The van der Waals surface area contributed by atoms with E-state index in [2.05, 4.69) is 82.5 Å². The molecule has 0 aliphatic carbocycles. The average molecular weight is 369 g/mol. The van der Waals surface area contributed by atoms with Crippen LogP contribution in [0.25, 0.3) is 0 Å². The number of rotatable bonds is 11. The van der Waals surface area contributed by atoms with E-state index in [1.54, 1.807) is 0 Å². The fraction of sp³-hybridized carbons (Fsp3) is 0.333. The van der Waals surface area contributed by atoms with Crippen molar-refractivity contribution in [2.24, 2.45) is 0 Å². The number of nitrogens with zero attached hydrogens (tertiary/aromatic N) is 3. The van der Waals surface area contributed by atoms with Crippen LogP contribution < -0.4 is 5.72 Å². The second-order valence-corrected chi connectivity index (χ2v) is 7.27. The van der Waals surface area contributed by atoms with Gasteiger partial charge in [-0.1, -0.05) is 73.4 Å². The largest absolute Gasteiger partial charge is 0.343 e. The van der Waals surface area contributed by atoms with E-state index >= 15 is 0 Å². The van der Waals surface area contributed by atoms with Crippen molar-refractivity contribution in [3.63, 3.8) is 0 Å². The van der Waals surface area contributed by atoms with Gasteiger partial charge >= 0.3 is 0 Å². The first-order valence-electron chi connectivity index (χ1n) is 10.4. The minimum absolute atomic E-state index is 0.452. The lowest BCUT2D eigenvalue weighted by molar-refractivity contribution is 0.626. The minimum atomic E-state index is 0.452. The van der Waals surface area contributed by atoms with E-state index in [1.165, 1.54) is 23.3 Å². The first-order valence-corrected chi connectivity index (χ1v) is 10.4. The maximum atomic E-state index is 8.66. The van der Waals surface area contributed by atoms with Crippen LogP contribution in [0.1, 0.15) is 49.1 Å². The molecule has 0 amide bonds. The number of unbranched alkanes of at least 4 members (excludes halogenated alkanes) is 2. The van der Waals surface area contributed by atoms with E-state index in [1.807, 2.05) is 6.20 Å². The number of imidazole rings is 1. The molecule has 0 bridgehead atoms. The summed E-state index contributed by atoms with van der Waals surface area (Å²) >= 11 is 0. The molecule has 1 aromatic heterocycles. The van der Waals surface area contributed by atoms with Crippen LogP contribution in [0.5, 0.6) is 0 Å². The zero-order valence-corrected chi connectivity index (χ0v) is 16.5. The SMILES string of the molecule is N#CCCCCn1ccnc1BCCCC(c1ccccc1)c1ccccc1. The van der Waals surface area contributed by atoms with Crippen LogP contribution in [-0.4, -0.2) is 16.8 Å². The van der Waals surface area contributed by atoms with Crippen LogP contribution in [-0.2, 0) is 6.54 Å². The molecule has 3 rings (SSSR count). The Kier molecular flexibility index (Phi) is 7.94. The fourth-order valence-corrected chi connectivity index (χ4v) is 3.79. The van der Waals surface area contributed by atoms with Crippen molar-refractivity contribution in [1.29, 1.82) is 5.26 Å². The number of hydrogen-bond acceptors (Lipinski definition) is 2. The standard InChI is InChI=1S/C24H28BN3/c26-17-8-3-9-19-28-20-18-27-24(28)25-16-10-15-23(21-11-4-1-5-12-21)22-13-6-2-7-14-22/h1-2,4-7,11-14,18,20,23,25H,3,8-10,15-16,19H2. The van der Waals surface area contributed by atoms with Crippen LogP contribution in [0.2, 0.25) is 6.32 Å². The van der Waals surface area contributed by atoms with E-state index in [9.17, 15) is 0 Å². The highest BCUT2D eigenvalue weighted by Crippen LogP contribution is 2.29. The smallest absolute Gasteiger partial charge is 0.204 e. The quantitative estimate of drug-likeness (QED) is 0.364. The fourth-order valence-electron chi connectivity index (χ4n) is 3.79. The summed E-state index contributed by atoms with van der Waals surface area (Å²) in [4.78, 5) is 4.55. The maximum absolute atomic E-state index is 8.66. The van der Waals surface area contributed by atoms with Gasteiger partial charge in [-0.3, -0.25) is 4.98 Å². The van der Waals surface area contributed by atoms with Crippen molar-refractivity contribution in [3.8, 4) is 6.07 Å². The zero-order valence-electron chi connectivity index (χ0n) is 16.5. The summed E-state index contributed by atoms with van der Waals surface area (Å²) in [6.07, 6.45) is 10.1. The molecule has 142 valence electrons. The zero-order chi connectivity index (χ0) is 19.4. The van der Waals surface area contributed by atoms with Gasteiger partial charge in [0.1, 0.15) is 0 Å². The van der Waals surface area contributed by atoms with E-state index in [0.29, 0.717) is 12.3 Å². The van der Waals surface area contributed by atoms with Crippen LogP contribution in [0.4, 0.5) is 0 Å². The van der Waals surface area contributed by atoms with Crippen molar-refractivity contribution in [1.82, 2.24) is 9.55 Å². The number of hydrogen-bond donors (Lipinski definition) is 0. The van der Waals surface area contributed by atoms with E-state index in [-0.39, 0.29) is 0 Å². The van der Waals surface area contributed by atoms with Crippen LogP contribution in [0, 0.1) is 11.3 Å². The Bertz CT molecular complexity index is 813. The summed E-state index contributed by atoms with van der Waals surface area (Å²) in [5, 5.41) is 8.66. The molecule has 0 atom stereocenters. The third-order valence-electron chi connectivity index (χ3n) is 5.29. The summed E-state index contributed by atoms with van der Waals surface area (Å²) in [7, 11) is 1.02. The molecule has 0 saturated heterocycles. The molecule has 0 N–H and O–H groups in total. The van der Waals surface area contributed by atoms with Crippen molar-refractivity contribution in [2.45, 2.75) is 50.9 Å². The van der Waals surface area contributed by atoms with Gasteiger partial charge in [0.25, 0.3) is 0 Å². The Balaban J connectivity index is 1.53. The Morgan fingerprint density at radius 1 is 0.929 bits per heavy atom. The molecule has 0 spiro atoms. The highest BCUT2D eigenvalue weighted by Gasteiger charge is 2.14. The van der Waals surface area contributed by atoms with Gasteiger partial charge in [-0.2, -0.15) is 5.26 Å². The van der Waals surface area contributed by atoms with Crippen molar-refractivity contribution >= 4 is 13.0 Å². The highest BCUT2D eigenvalue weighted by atomic mass is 15.0. The van der Waals surface area contributed by atoms with Crippen molar-refractivity contribution < 1.29 is 0 Å². The summed E-state index contributed by atoms with van der Waals surface area (Å²) in [5.74, 6) is 0.452. The predicted octanol–water partition coefficient (Wildman–Crippen LogP) is 4.67. The van der Waals surface area contributed by atoms with Gasteiger partial charge in [-0.25, -0.2) is 0 Å². The average Bonchev–Trinajstić information content (AvgIpc) is 3.20. The van der Waals surface area contributed by atoms with Crippen LogP contribution in [0.15, 0.2) is 73.1 Å². The molecular formula is C24H28BN3. The molecule has 3 aromatic rings. The monoisotopic (exact) mass is 369 g/mol. The molecule has 28 heavy (non-hydrogen) atoms. The van der Waals surface area contributed by atoms with E-state index in [0.717, 1.165) is 39.4 Å². The summed E-state index contributed by atoms with van der Waals surface area (Å²) < 4.78 is 2.25. The number of aromatic nitrogens is 2. The van der Waals surface area contributed by atoms with Gasteiger partial charge < -0.3 is 4.57 Å². The Morgan fingerprint density at radius 3 is 2.25 bits per heavy atom. The van der Waals surface area contributed by atoms with Crippen molar-refractivity contribution in [3.05, 3.63) is 84.2 Å². The van der Waals surface area contributed by atoms with E-state index in [4.69, 9.17) is 5.26 Å². The molecule has 1 heterocycles. The van der Waals surface area contributed by atoms with Gasteiger partial charge in [0.15, 0.2) is 0 Å². The van der Waals surface area contributed by atoms with Crippen molar-refractivity contribution in [2.75, 3.05) is 0 Å². The predicted molar refractivity (Wildman–Crippen MR) is 117 cm³/mol. The normalized spacial score (nSPS) is 10.7. The lowest BCUT2D eigenvalue weighted by Gasteiger charge is -2.18. The number of nitriles is 1. The Labute approximate surface area is 169 Å². The Hall–Kier alpha value is -2.80. The second-order valence-electron chi connectivity index (χ2n) is 7.27. The molecule has 2 aromatic carbocycles. The van der Waals surface area contributed by atoms with E-state index < -0.39 is 0 Å². The molecule has 0 aliphatic heterocycles. The summed E-state index contributed by atoms with van der Waals surface area (Å²) in [6, 6.07) is 23.9. The van der Waals surface area contributed by atoms with Gasteiger partial charge in [-0.15, -0.1) is 0 Å². The lowest BCUT2D eigenvalue weighted by atomic mass is 9.70. The topological polar surface area (TPSA) is 41.6 Å². The Morgan fingerprint density at radius 2 is 1.61 bits per heavy atom. The minimum Gasteiger partial charge on any atom is -0.343 e. The first-order chi connectivity index (χ1) is 13.9. The molecule has 0 unspecified atom stereocenters. The molecule has 4 heteroatoms. The highest BCUT2D eigenvalue weighted by molar-refractivity contribution is 6.51. The number of aryl methyl sites for hydroxylation is 1. The third-order valence-corrected chi connectivity index (χ3v) is 5.29. The molecule has 3 nitrogen and oxygen atoms in total. The van der Waals surface area contributed by atoms with Gasteiger partial charge in [-0.05, 0) is 30.4 Å². The molecular weight excluding hydrogens is 341 g/mol.